The van der Waals surface area contributed by atoms with Crippen LogP contribution in [0.2, 0.25) is 0 Å². The number of aromatic hydroxyl groups is 1. The molecule has 0 radical (unpaired) electrons. The van der Waals surface area contributed by atoms with Gasteiger partial charge in [-0.15, -0.1) is 0 Å². The molecule has 0 aromatic heterocycles. The summed E-state index contributed by atoms with van der Waals surface area (Å²) >= 11 is 0. The third-order valence-electron chi connectivity index (χ3n) is 2.23. The van der Waals surface area contributed by atoms with Crippen LogP contribution in [0.3, 0.4) is 0 Å². The first-order valence-electron chi connectivity index (χ1n) is 5.11. The van der Waals surface area contributed by atoms with Crippen LogP contribution in [0.4, 0.5) is 5.69 Å². The Kier molecular flexibility index (Phi) is 3.18. The summed E-state index contributed by atoms with van der Waals surface area (Å²) in [6.45, 7) is 0. The van der Waals surface area contributed by atoms with Gasteiger partial charge in [-0.2, -0.15) is 5.26 Å². The van der Waals surface area contributed by atoms with E-state index in [1.807, 2.05) is 6.07 Å². The second-order valence-corrected chi connectivity index (χ2v) is 3.51. The van der Waals surface area contributed by atoms with Crippen molar-refractivity contribution in [2.24, 2.45) is 4.99 Å². The lowest BCUT2D eigenvalue weighted by Gasteiger charge is -1.95. The number of aliphatic imine (C=N–C) groups is 1. The number of rotatable bonds is 2. The predicted octanol–water partition coefficient (Wildman–Crippen LogP) is 3.01. The lowest BCUT2D eigenvalue weighted by atomic mass is 10.2. The molecule has 82 valence electrons. The molecule has 2 rings (SSSR count). The van der Waals surface area contributed by atoms with Gasteiger partial charge in [0.25, 0.3) is 0 Å². The highest BCUT2D eigenvalue weighted by Crippen LogP contribution is 2.14. The standard InChI is InChI=1S/C14H10N2O/c15-9-12-2-1-3-13(8-12)16-10-11-4-6-14(17)7-5-11/h1-8,10,17H. The number of phenols is 1. The molecule has 3 heteroatoms. The van der Waals surface area contributed by atoms with Crippen LogP contribution in [0, 0.1) is 11.3 Å². The molecule has 0 saturated heterocycles. The van der Waals surface area contributed by atoms with Crippen LogP contribution in [0.15, 0.2) is 53.5 Å². The molecule has 0 amide bonds. The molecule has 0 aliphatic heterocycles. The number of nitriles is 1. The highest BCUT2D eigenvalue weighted by Gasteiger charge is 1.92. The quantitative estimate of drug-likeness (QED) is 0.794. The molecular formula is C14H10N2O. The molecule has 3 nitrogen and oxygen atoms in total. The summed E-state index contributed by atoms with van der Waals surface area (Å²) in [5.41, 5.74) is 2.22. The number of benzene rings is 2. The second kappa shape index (κ2) is 4.95. The molecule has 0 fully saturated rings. The zero-order valence-electron chi connectivity index (χ0n) is 9.04. The molecule has 2 aromatic carbocycles. The highest BCUT2D eigenvalue weighted by atomic mass is 16.3. The maximum absolute atomic E-state index is 9.13. The van der Waals surface area contributed by atoms with Crippen molar-refractivity contribution in [2.45, 2.75) is 0 Å². The van der Waals surface area contributed by atoms with Crippen LogP contribution >= 0.6 is 0 Å². The Balaban J connectivity index is 2.20. The van der Waals surface area contributed by atoms with E-state index in [0.717, 1.165) is 11.3 Å². The van der Waals surface area contributed by atoms with Crippen LogP contribution in [0.25, 0.3) is 0 Å². The van der Waals surface area contributed by atoms with Crippen LogP contribution in [-0.4, -0.2) is 11.3 Å². The molecule has 0 atom stereocenters. The fourth-order valence-corrected chi connectivity index (χ4v) is 1.37. The summed E-state index contributed by atoms with van der Waals surface area (Å²) in [4.78, 5) is 4.26. The summed E-state index contributed by atoms with van der Waals surface area (Å²) in [5, 5.41) is 17.9. The summed E-state index contributed by atoms with van der Waals surface area (Å²) in [6, 6.07) is 15.9. The zero-order valence-corrected chi connectivity index (χ0v) is 9.04. The lowest BCUT2D eigenvalue weighted by molar-refractivity contribution is 0.475. The second-order valence-electron chi connectivity index (χ2n) is 3.51. The summed E-state index contributed by atoms with van der Waals surface area (Å²) in [7, 11) is 0. The summed E-state index contributed by atoms with van der Waals surface area (Å²) < 4.78 is 0. The molecule has 1 N–H and O–H groups in total. The van der Waals surface area contributed by atoms with Gasteiger partial charge in [-0.3, -0.25) is 4.99 Å². The van der Waals surface area contributed by atoms with Gasteiger partial charge in [-0.25, -0.2) is 0 Å². The van der Waals surface area contributed by atoms with Crippen molar-refractivity contribution < 1.29 is 5.11 Å². The predicted molar refractivity (Wildman–Crippen MR) is 66.5 cm³/mol. The van der Waals surface area contributed by atoms with Crippen molar-refractivity contribution in [1.82, 2.24) is 0 Å². The lowest BCUT2D eigenvalue weighted by Crippen LogP contribution is -1.79. The number of hydrogen-bond acceptors (Lipinski definition) is 3. The van der Waals surface area contributed by atoms with E-state index in [4.69, 9.17) is 10.4 Å². The first kappa shape index (κ1) is 10.9. The van der Waals surface area contributed by atoms with Crippen LogP contribution in [0.5, 0.6) is 5.75 Å². The Hall–Kier alpha value is -2.60. The van der Waals surface area contributed by atoms with E-state index in [1.54, 1.807) is 48.7 Å². The highest BCUT2D eigenvalue weighted by molar-refractivity contribution is 5.82. The number of nitrogens with zero attached hydrogens (tertiary/aromatic N) is 2. The normalized spacial score (nSPS) is 10.3. The van der Waals surface area contributed by atoms with Crippen molar-refractivity contribution >= 4 is 11.9 Å². The van der Waals surface area contributed by atoms with Crippen molar-refractivity contribution in [1.29, 1.82) is 5.26 Å². The van der Waals surface area contributed by atoms with Gasteiger partial charge in [0, 0.05) is 6.21 Å². The van der Waals surface area contributed by atoms with Crippen molar-refractivity contribution in [2.75, 3.05) is 0 Å². The van der Waals surface area contributed by atoms with Gasteiger partial charge >= 0.3 is 0 Å². The molecule has 17 heavy (non-hydrogen) atoms. The zero-order chi connectivity index (χ0) is 12.1. The van der Waals surface area contributed by atoms with Gasteiger partial charge in [-0.1, -0.05) is 6.07 Å². The van der Waals surface area contributed by atoms with Crippen molar-refractivity contribution in [3.05, 3.63) is 59.7 Å². The van der Waals surface area contributed by atoms with Gasteiger partial charge in [0.1, 0.15) is 5.75 Å². The van der Waals surface area contributed by atoms with Gasteiger partial charge in [-0.05, 0) is 48.0 Å². The summed E-state index contributed by atoms with van der Waals surface area (Å²) in [5.74, 6) is 0.230. The van der Waals surface area contributed by atoms with Crippen LogP contribution in [-0.2, 0) is 0 Å². The number of phenolic OH excluding ortho intramolecular Hbond substituents is 1. The van der Waals surface area contributed by atoms with E-state index in [2.05, 4.69) is 11.1 Å². The average molecular weight is 222 g/mol. The Morgan fingerprint density at radius 1 is 1.12 bits per heavy atom. The smallest absolute Gasteiger partial charge is 0.115 e. The molecule has 0 saturated carbocycles. The molecule has 0 aliphatic rings. The molecule has 0 spiro atoms. The third kappa shape index (κ3) is 2.93. The average Bonchev–Trinajstić information content (AvgIpc) is 2.38. The first-order chi connectivity index (χ1) is 8.28. The van der Waals surface area contributed by atoms with Crippen LogP contribution in [0.1, 0.15) is 11.1 Å². The fraction of sp³-hybridized carbons (Fsp3) is 0. The molecular weight excluding hydrogens is 212 g/mol. The Morgan fingerprint density at radius 2 is 1.88 bits per heavy atom. The molecule has 0 heterocycles. The van der Waals surface area contributed by atoms with Gasteiger partial charge in [0.15, 0.2) is 0 Å². The van der Waals surface area contributed by atoms with E-state index < -0.39 is 0 Å². The monoisotopic (exact) mass is 222 g/mol. The van der Waals surface area contributed by atoms with Gasteiger partial charge in [0.2, 0.25) is 0 Å². The number of hydrogen-bond donors (Lipinski definition) is 1. The van der Waals surface area contributed by atoms with E-state index >= 15 is 0 Å². The van der Waals surface area contributed by atoms with Gasteiger partial charge < -0.3 is 5.11 Å². The largest absolute Gasteiger partial charge is 0.508 e. The van der Waals surface area contributed by atoms with Gasteiger partial charge in [0.05, 0.1) is 17.3 Å². The summed E-state index contributed by atoms with van der Waals surface area (Å²) in [6.07, 6.45) is 1.69. The minimum absolute atomic E-state index is 0.230. The Bertz CT molecular complexity index is 580. The van der Waals surface area contributed by atoms with Crippen molar-refractivity contribution in [3.8, 4) is 11.8 Å². The first-order valence-corrected chi connectivity index (χ1v) is 5.11. The molecule has 0 unspecified atom stereocenters. The maximum atomic E-state index is 9.13. The molecule has 0 aliphatic carbocycles. The molecule has 0 bridgehead atoms. The minimum atomic E-state index is 0.230. The van der Waals surface area contributed by atoms with E-state index in [1.165, 1.54) is 0 Å². The van der Waals surface area contributed by atoms with E-state index in [9.17, 15) is 0 Å². The molecule has 2 aromatic rings. The third-order valence-corrected chi connectivity index (χ3v) is 2.23. The maximum Gasteiger partial charge on any atom is 0.115 e. The van der Waals surface area contributed by atoms with Crippen LogP contribution < -0.4 is 0 Å². The fourth-order valence-electron chi connectivity index (χ4n) is 1.37. The van der Waals surface area contributed by atoms with E-state index in [-0.39, 0.29) is 5.75 Å². The Morgan fingerprint density at radius 3 is 2.59 bits per heavy atom. The minimum Gasteiger partial charge on any atom is -0.508 e. The SMILES string of the molecule is N#Cc1cccc(N=Cc2ccc(O)cc2)c1. The topological polar surface area (TPSA) is 56.4 Å². The van der Waals surface area contributed by atoms with Crippen molar-refractivity contribution in [3.63, 3.8) is 0 Å². The van der Waals surface area contributed by atoms with E-state index in [0.29, 0.717) is 5.56 Å². The Labute approximate surface area is 99.3 Å².